The number of anilines is 1. The second kappa shape index (κ2) is 8.18. The molecular formula is C25H13BrF3NO4. The van der Waals surface area contributed by atoms with Crippen LogP contribution in [0.3, 0.4) is 0 Å². The lowest BCUT2D eigenvalue weighted by molar-refractivity contribution is -0.117. The van der Waals surface area contributed by atoms with Crippen LogP contribution in [0.1, 0.15) is 22.2 Å². The van der Waals surface area contributed by atoms with Crippen LogP contribution < -0.4 is 4.90 Å². The van der Waals surface area contributed by atoms with Gasteiger partial charge in [-0.05, 0) is 54.1 Å². The maximum absolute atomic E-state index is 14.0. The number of fused-ring (bicyclic) bond motifs is 1. The number of hydrogen-bond acceptors (Lipinski definition) is 4. The van der Waals surface area contributed by atoms with Gasteiger partial charge in [0.15, 0.2) is 23.2 Å². The van der Waals surface area contributed by atoms with Crippen molar-refractivity contribution in [3.8, 4) is 0 Å². The summed E-state index contributed by atoms with van der Waals surface area (Å²) in [6.07, 6.45) is 0. The number of halogens is 4. The van der Waals surface area contributed by atoms with Crippen LogP contribution in [0.15, 0.2) is 87.0 Å². The Labute approximate surface area is 198 Å². The number of carbonyl (C=O) groups excluding carboxylic acids is 2. The largest absolute Gasteiger partial charge is 0.503 e. The van der Waals surface area contributed by atoms with Gasteiger partial charge in [0, 0.05) is 21.6 Å². The van der Waals surface area contributed by atoms with Crippen LogP contribution in [0, 0.1) is 17.5 Å². The van der Waals surface area contributed by atoms with Gasteiger partial charge in [-0.1, -0.05) is 28.1 Å². The van der Waals surface area contributed by atoms with Crippen LogP contribution in [0.5, 0.6) is 0 Å². The lowest BCUT2D eigenvalue weighted by Gasteiger charge is -2.26. The van der Waals surface area contributed by atoms with Crippen molar-refractivity contribution in [1.29, 1.82) is 0 Å². The van der Waals surface area contributed by atoms with Crippen molar-refractivity contribution in [3.05, 3.63) is 111 Å². The Morgan fingerprint density at radius 3 is 2.38 bits per heavy atom. The third kappa shape index (κ3) is 3.58. The summed E-state index contributed by atoms with van der Waals surface area (Å²) in [7, 11) is 0. The summed E-state index contributed by atoms with van der Waals surface area (Å²) in [6.45, 7) is 0. The number of hydrogen-bond donors (Lipinski definition) is 1. The molecule has 1 amide bonds. The van der Waals surface area contributed by atoms with Crippen LogP contribution >= 0.6 is 15.9 Å². The molecule has 1 N–H and O–H groups in total. The number of rotatable bonds is 4. The Hall–Kier alpha value is -3.85. The number of ketones is 1. The van der Waals surface area contributed by atoms with E-state index in [0.29, 0.717) is 11.0 Å². The Kier molecular flexibility index (Phi) is 5.28. The summed E-state index contributed by atoms with van der Waals surface area (Å²) in [5.41, 5.74) is 0.248. The van der Waals surface area contributed by atoms with Crippen molar-refractivity contribution >= 4 is 44.3 Å². The average Bonchev–Trinajstić information content (AvgIpc) is 3.34. The van der Waals surface area contributed by atoms with Gasteiger partial charge in [0.05, 0.1) is 11.6 Å². The molecular weight excluding hydrogens is 515 g/mol. The van der Waals surface area contributed by atoms with Crippen LogP contribution in [-0.2, 0) is 4.79 Å². The molecule has 0 spiro atoms. The standard InChI is InChI=1S/C25H13BrF3NO4/c26-14-3-8-19-13(9-14)10-20(34-19)23(31)21-22(12-1-4-15(27)5-2-12)30(25(33)24(21)32)16-6-7-17(28)18(29)11-16/h1-11,22,32H. The number of aliphatic hydroxyl groups is 1. The number of amides is 1. The quantitative estimate of drug-likeness (QED) is 0.312. The van der Waals surface area contributed by atoms with Crippen molar-refractivity contribution in [2.75, 3.05) is 4.90 Å². The highest BCUT2D eigenvalue weighted by molar-refractivity contribution is 9.10. The van der Waals surface area contributed by atoms with Crippen LogP contribution in [-0.4, -0.2) is 16.8 Å². The number of carbonyl (C=O) groups is 2. The van der Waals surface area contributed by atoms with E-state index in [2.05, 4.69) is 15.9 Å². The van der Waals surface area contributed by atoms with Crippen molar-refractivity contribution in [2.24, 2.45) is 0 Å². The molecule has 0 aliphatic carbocycles. The zero-order chi connectivity index (χ0) is 24.1. The van der Waals surface area contributed by atoms with Gasteiger partial charge < -0.3 is 9.52 Å². The van der Waals surface area contributed by atoms with Gasteiger partial charge in [0.1, 0.15) is 11.4 Å². The maximum atomic E-state index is 14.0. The number of nitrogens with zero attached hydrogens (tertiary/aromatic N) is 1. The van der Waals surface area contributed by atoms with E-state index >= 15 is 0 Å². The zero-order valence-electron chi connectivity index (χ0n) is 17.1. The minimum Gasteiger partial charge on any atom is -0.503 e. The number of benzene rings is 3. The first-order valence-corrected chi connectivity index (χ1v) is 10.7. The third-order valence-electron chi connectivity index (χ3n) is 5.52. The molecule has 1 atom stereocenters. The molecule has 3 aromatic carbocycles. The molecule has 5 rings (SSSR count). The topological polar surface area (TPSA) is 70.8 Å². The van der Waals surface area contributed by atoms with Gasteiger partial charge in [-0.2, -0.15) is 0 Å². The highest BCUT2D eigenvalue weighted by Gasteiger charge is 2.45. The van der Waals surface area contributed by atoms with Crippen LogP contribution in [0.2, 0.25) is 0 Å². The van der Waals surface area contributed by atoms with E-state index < -0.39 is 40.9 Å². The molecule has 1 aliphatic rings. The third-order valence-corrected chi connectivity index (χ3v) is 6.02. The predicted molar refractivity (Wildman–Crippen MR) is 121 cm³/mol. The normalized spacial score (nSPS) is 16.1. The smallest absolute Gasteiger partial charge is 0.294 e. The van der Waals surface area contributed by atoms with Crippen LogP contribution in [0.25, 0.3) is 11.0 Å². The summed E-state index contributed by atoms with van der Waals surface area (Å²) < 4.78 is 47.5. The molecule has 170 valence electrons. The number of aliphatic hydroxyl groups excluding tert-OH is 1. The highest BCUT2D eigenvalue weighted by Crippen LogP contribution is 2.42. The van der Waals surface area contributed by atoms with E-state index in [1.54, 1.807) is 18.2 Å². The second-order valence-electron chi connectivity index (χ2n) is 7.61. The lowest BCUT2D eigenvalue weighted by Crippen LogP contribution is -2.31. The molecule has 0 bridgehead atoms. The number of furan rings is 1. The highest BCUT2D eigenvalue weighted by atomic mass is 79.9. The number of Topliss-reactive ketones (excluding diaryl/α,β-unsaturated/α-hetero) is 1. The van der Waals surface area contributed by atoms with E-state index in [-0.39, 0.29) is 22.6 Å². The lowest BCUT2D eigenvalue weighted by atomic mass is 9.94. The summed E-state index contributed by atoms with van der Waals surface area (Å²) in [5, 5.41) is 11.3. The zero-order valence-corrected chi connectivity index (χ0v) is 18.6. The average molecular weight is 528 g/mol. The Bertz CT molecular complexity index is 1510. The van der Waals surface area contributed by atoms with Crippen molar-refractivity contribution < 1.29 is 32.3 Å². The maximum Gasteiger partial charge on any atom is 0.294 e. The Morgan fingerprint density at radius 1 is 0.941 bits per heavy atom. The first kappa shape index (κ1) is 22.0. The molecule has 1 aromatic heterocycles. The van der Waals surface area contributed by atoms with Gasteiger partial charge in [-0.15, -0.1) is 0 Å². The van der Waals surface area contributed by atoms with Crippen molar-refractivity contribution in [2.45, 2.75) is 6.04 Å². The summed E-state index contributed by atoms with van der Waals surface area (Å²) >= 11 is 3.34. The fraction of sp³-hybridized carbons (Fsp3) is 0.0400. The van der Waals surface area contributed by atoms with E-state index in [0.717, 1.165) is 39.7 Å². The van der Waals surface area contributed by atoms with E-state index in [4.69, 9.17) is 4.42 Å². The molecule has 0 radical (unpaired) electrons. The van der Waals surface area contributed by atoms with Crippen LogP contribution in [0.4, 0.5) is 18.9 Å². The fourth-order valence-corrected chi connectivity index (χ4v) is 4.34. The minimum absolute atomic E-state index is 0.0962. The molecule has 5 nitrogen and oxygen atoms in total. The monoisotopic (exact) mass is 527 g/mol. The van der Waals surface area contributed by atoms with Crippen molar-refractivity contribution in [3.63, 3.8) is 0 Å². The van der Waals surface area contributed by atoms with E-state index in [1.165, 1.54) is 18.2 Å². The minimum atomic E-state index is -1.24. The van der Waals surface area contributed by atoms with Gasteiger partial charge in [0.2, 0.25) is 5.78 Å². The SMILES string of the molecule is O=C(C1=C(O)C(=O)N(c2ccc(F)c(F)c2)C1c1ccc(F)cc1)c1cc2cc(Br)ccc2o1. The second-order valence-corrected chi connectivity index (χ2v) is 8.53. The van der Waals surface area contributed by atoms with Gasteiger partial charge >= 0.3 is 0 Å². The fourth-order valence-electron chi connectivity index (χ4n) is 3.96. The summed E-state index contributed by atoms with van der Waals surface area (Å²) in [5.74, 6) is -5.69. The van der Waals surface area contributed by atoms with Gasteiger partial charge in [-0.3, -0.25) is 14.5 Å². The van der Waals surface area contributed by atoms with Gasteiger partial charge in [-0.25, -0.2) is 13.2 Å². The van der Waals surface area contributed by atoms with E-state index in [9.17, 15) is 27.9 Å². The first-order chi connectivity index (χ1) is 16.2. The molecule has 1 unspecified atom stereocenters. The molecule has 9 heteroatoms. The van der Waals surface area contributed by atoms with Gasteiger partial charge in [0.25, 0.3) is 5.91 Å². The molecule has 0 saturated heterocycles. The first-order valence-electron chi connectivity index (χ1n) is 9.95. The molecule has 0 saturated carbocycles. The molecule has 4 aromatic rings. The summed E-state index contributed by atoms with van der Waals surface area (Å²) in [6, 6.07) is 13.0. The predicted octanol–water partition coefficient (Wildman–Crippen LogP) is 6.40. The Morgan fingerprint density at radius 2 is 1.68 bits per heavy atom. The molecule has 34 heavy (non-hydrogen) atoms. The molecule has 0 fully saturated rings. The molecule has 2 heterocycles. The van der Waals surface area contributed by atoms with E-state index in [1.807, 2.05) is 0 Å². The van der Waals surface area contributed by atoms with Crippen molar-refractivity contribution in [1.82, 2.24) is 0 Å². The molecule has 1 aliphatic heterocycles. The summed E-state index contributed by atoms with van der Waals surface area (Å²) in [4.78, 5) is 27.5. The Balaban J connectivity index is 1.66.